The molecule has 0 fully saturated rings. The summed E-state index contributed by atoms with van der Waals surface area (Å²) in [6, 6.07) is 6.01. The van der Waals surface area contributed by atoms with E-state index in [9.17, 15) is 8.42 Å². The molecular weight excluding hydrogens is 312 g/mol. The SMILES string of the molecule is CN(Cc1nccn1C)S(=O)(=O)c1ccc(C#N)cc1Cl. The molecule has 0 amide bonds. The van der Waals surface area contributed by atoms with E-state index in [0.29, 0.717) is 11.4 Å². The zero-order chi connectivity index (χ0) is 15.6. The zero-order valence-corrected chi connectivity index (χ0v) is 13.1. The van der Waals surface area contributed by atoms with Crippen LogP contribution in [-0.4, -0.2) is 29.3 Å². The second-order valence-electron chi connectivity index (χ2n) is 4.47. The quantitative estimate of drug-likeness (QED) is 0.858. The fourth-order valence-corrected chi connectivity index (χ4v) is 3.42. The molecule has 0 saturated carbocycles. The maximum atomic E-state index is 12.5. The minimum absolute atomic E-state index is 0.0279. The fraction of sp³-hybridized carbons (Fsp3) is 0.231. The van der Waals surface area contributed by atoms with Gasteiger partial charge in [-0.15, -0.1) is 0 Å². The van der Waals surface area contributed by atoms with Crippen LogP contribution in [0.2, 0.25) is 5.02 Å². The molecule has 110 valence electrons. The topological polar surface area (TPSA) is 79.0 Å². The molecule has 0 saturated heterocycles. The van der Waals surface area contributed by atoms with Crippen molar-refractivity contribution in [3.05, 3.63) is 47.0 Å². The van der Waals surface area contributed by atoms with E-state index in [-0.39, 0.29) is 16.5 Å². The van der Waals surface area contributed by atoms with Crippen LogP contribution in [0.1, 0.15) is 11.4 Å². The molecule has 2 aromatic rings. The Kier molecular flexibility index (Phi) is 4.32. The summed E-state index contributed by atoms with van der Waals surface area (Å²) in [5, 5.41) is 8.82. The van der Waals surface area contributed by atoms with E-state index in [4.69, 9.17) is 16.9 Å². The second-order valence-corrected chi connectivity index (χ2v) is 6.89. The Hall–Kier alpha value is -1.88. The first-order valence-corrected chi connectivity index (χ1v) is 7.80. The van der Waals surface area contributed by atoms with E-state index in [1.54, 1.807) is 24.0 Å². The molecule has 8 heteroatoms. The summed E-state index contributed by atoms with van der Waals surface area (Å²) in [7, 11) is -0.503. The first-order valence-electron chi connectivity index (χ1n) is 5.98. The average molecular weight is 325 g/mol. The lowest BCUT2D eigenvalue weighted by Crippen LogP contribution is -2.28. The van der Waals surface area contributed by atoms with E-state index in [0.717, 1.165) is 0 Å². The van der Waals surface area contributed by atoms with Gasteiger partial charge in [0.1, 0.15) is 10.7 Å². The van der Waals surface area contributed by atoms with Gasteiger partial charge in [0, 0.05) is 26.5 Å². The minimum atomic E-state index is -3.75. The van der Waals surface area contributed by atoms with Crippen molar-refractivity contribution in [1.29, 1.82) is 5.26 Å². The number of nitrogens with zero attached hydrogens (tertiary/aromatic N) is 4. The van der Waals surface area contributed by atoms with Crippen molar-refractivity contribution in [2.75, 3.05) is 7.05 Å². The Bertz CT molecular complexity index is 808. The van der Waals surface area contributed by atoms with Crippen LogP contribution in [0, 0.1) is 11.3 Å². The average Bonchev–Trinajstić information content (AvgIpc) is 2.83. The van der Waals surface area contributed by atoms with Crippen molar-refractivity contribution in [2.45, 2.75) is 11.4 Å². The van der Waals surface area contributed by atoms with E-state index >= 15 is 0 Å². The van der Waals surface area contributed by atoms with E-state index in [1.807, 2.05) is 6.07 Å². The summed E-state index contributed by atoms with van der Waals surface area (Å²) in [5.41, 5.74) is 0.311. The van der Waals surface area contributed by atoms with Gasteiger partial charge in [-0.05, 0) is 18.2 Å². The number of nitriles is 1. The maximum absolute atomic E-state index is 12.5. The van der Waals surface area contributed by atoms with Gasteiger partial charge in [-0.2, -0.15) is 9.57 Å². The van der Waals surface area contributed by atoms with Crippen LogP contribution in [0.25, 0.3) is 0 Å². The van der Waals surface area contributed by atoms with Crippen molar-refractivity contribution >= 4 is 21.6 Å². The molecule has 6 nitrogen and oxygen atoms in total. The van der Waals surface area contributed by atoms with Crippen LogP contribution in [0.15, 0.2) is 35.5 Å². The van der Waals surface area contributed by atoms with Gasteiger partial charge in [0.05, 0.1) is 23.2 Å². The van der Waals surface area contributed by atoms with Gasteiger partial charge in [0.2, 0.25) is 10.0 Å². The van der Waals surface area contributed by atoms with Crippen LogP contribution in [0.4, 0.5) is 0 Å². The van der Waals surface area contributed by atoms with Crippen LogP contribution < -0.4 is 0 Å². The molecule has 0 bridgehead atoms. The van der Waals surface area contributed by atoms with Crippen LogP contribution >= 0.6 is 11.6 Å². The molecule has 0 radical (unpaired) electrons. The van der Waals surface area contributed by atoms with Gasteiger partial charge in [-0.3, -0.25) is 0 Å². The van der Waals surface area contributed by atoms with Crippen molar-refractivity contribution < 1.29 is 8.42 Å². The Morgan fingerprint density at radius 1 is 1.48 bits per heavy atom. The van der Waals surface area contributed by atoms with Gasteiger partial charge in [-0.1, -0.05) is 11.6 Å². The van der Waals surface area contributed by atoms with Gasteiger partial charge in [0.25, 0.3) is 0 Å². The molecule has 1 heterocycles. The molecule has 1 aromatic carbocycles. The molecule has 0 aliphatic carbocycles. The third-order valence-corrected chi connectivity index (χ3v) is 5.32. The molecule has 0 N–H and O–H groups in total. The van der Waals surface area contributed by atoms with Gasteiger partial charge in [0.15, 0.2) is 0 Å². The summed E-state index contributed by atoms with van der Waals surface area (Å²) in [6.07, 6.45) is 3.34. The summed E-state index contributed by atoms with van der Waals surface area (Å²) < 4.78 is 27.9. The molecule has 0 atom stereocenters. The van der Waals surface area contributed by atoms with Crippen LogP contribution in [0.5, 0.6) is 0 Å². The highest BCUT2D eigenvalue weighted by Gasteiger charge is 2.24. The summed E-state index contributed by atoms with van der Waals surface area (Å²) in [4.78, 5) is 4.07. The molecular formula is C13H13ClN4O2S. The van der Waals surface area contributed by atoms with E-state index in [1.165, 1.54) is 29.6 Å². The number of halogens is 1. The Morgan fingerprint density at radius 2 is 2.19 bits per heavy atom. The zero-order valence-electron chi connectivity index (χ0n) is 11.5. The maximum Gasteiger partial charge on any atom is 0.244 e. The summed E-state index contributed by atoms with van der Waals surface area (Å²) >= 11 is 5.97. The van der Waals surface area contributed by atoms with Crippen molar-refractivity contribution in [3.8, 4) is 6.07 Å². The van der Waals surface area contributed by atoms with Crippen molar-refractivity contribution in [3.63, 3.8) is 0 Å². The molecule has 1 aromatic heterocycles. The number of hydrogen-bond acceptors (Lipinski definition) is 4. The number of imidazole rings is 1. The lowest BCUT2D eigenvalue weighted by molar-refractivity contribution is 0.451. The predicted octanol–water partition coefficient (Wildman–Crippen LogP) is 1.77. The lowest BCUT2D eigenvalue weighted by Gasteiger charge is -2.17. The molecule has 0 unspecified atom stereocenters. The number of aryl methyl sites for hydroxylation is 1. The Balaban J connectivity index is 2.34. The first-order chi connectivity index (χ1) is 9.86. The predicted molar refractivity (Wildman–Crippen MR) is 78.0 cm³/mol. The number of sulfonamides is 1. The van der Waals surface area contributed by atoms with Crippen LogP contribution in [0.3, 0.4) is 0 Å². The highest BCUT2D eigenvalue weighted by molar-refractivity contribution is 7.89. The molecule has 0 aliphatic rings. The lowest BCUT2D eigenvalue weighted by atomic mass is 10.2. The van der Waals surface area contributed by atoms with Gasteiger partial charge >= 0.3 is 0 Å². The highest BCUT2D eigenvalue weighted by Crippen LogP contribution is 2.25. The molecule has 2 rings (SSSR count). The van der Waals surface area contributed by atoms with Crippen molar-refractivity contribution in [2.24, 2.45) is 7.05 Å². The smallest absolute Gasteiger partial charge is 0.244 e. The largest absolute Gasteiger partial charge is 0.337 e. The monoisotopic (exact) mass is 324 g/mol. The summed E-state index contributed by atoms with van der Waals surface area (Å²) in [5.74, 6) is 0.617. The fourth-order valence-electron chi connectivity index (χ4n) is 1.78. The van der Waals surface area contributed by atoms with Crippen molar-refractivity contribution in [1.82, 2.24) is 13.9 Å². The normalized spacial score (nSPS) is 11.6. The first kappa shape index (κ1) is 15.5. The number of rotatable bonds is 4. The van der Waals surface area contributed by atoms with Gasteiger partial charge < -0.3 is 4.57 Å². The molecule has 21 heavy (non-hydrogen) atoms. The van der Waals surface area contributed by atoms with Gasteiger partial charge in [-0.25, -0.2) is 13.4 Å². The Morgan fingerprint density at radius 3 is 2.71 bits per heavy atom. The van der Waals surface area contributed by atoms with E-state index < -0.39 is 10.0 Å². The minimum Gasteiger partial charge on any atom is -0.337 e. The number of hydrogen-bond donors (Lipinski definition) is 0. The Labute approximate surface area is 128 Å². The third kappa shape index (κ3) is 3.08. The molecule has 0 spiro atoms. The third-order valence-electron chi connectivity index (χ3n) is 3.03. The standard InChI is InChI=1S/C13H13ClN4O2S/c1-17-6-5-16-13(17)9-18(2)21(19,20)12-4-3-10(8-15)7-11(12)14/h3-7H,9H2,1-2H3. The summed E-state index contributed by atoms with van der Waals surface area (Å²) in [6.45, 7) is 0.127. The number of benzene rings is 1. The highest BCUT2D eigenvalue weighted by atomic mass is 35.5. The van der Waals surface area contributed by atoms with Crippen LogP contribution in [-0.2, 0) is 23.6 Å². The van der Waals surface area contributed by atoms with E-state index in [2.05, 4.69) is 4.98 Å². The number of aromatic nitrogens is 2. The second kappa shape index (κ2) is 5.85. The molecule has 0 aliphatic heterocycles.